The van der Waals surface area contributed by atoms with Gasteiger partial charge < -0.3 is 9.22 Å². The van der Waals surface area contributed by atoms with Gasteiger partial charge in [-0.3, -0.25) is 0 Å². The Bertz CT molecular complexity index is 367. The van der Waals surface area contributed by atoms with Crippen LogP contribution in [0.5, 0.6) is 0 Å². The van der Waals surface area contributed by atoms with Crippen LogP contribution in [0, 0.1) is 11.8 Å². The lowest BCUT2D eigenvalue weighted by Crippen LogP contribution is -2.43. The Labute approximate surface area is 126 Å². The van der Waals surface area contributed by atoms with Gasteiger partial charge in [0.25, 0.3) is 0 Å². The Hall–Kier alpha value is -0.853. The molecular weight excluding hydrogens is 264 g/mol. The smallest absolute Gasteiger partial charge is 0.192 e. The molecule has 0 radical (unpaired) electrons. The van der Waals surface area contributed by atoms with Crippen molar-refractivity contribution in [3.63, 3.8) is 0 Å². The molecule has 0 aromatic carbocycles. The number of aldehydes is 1. The van der Waals surface area contributed by atoms with Crippen LogP contribution in [0.4, 0.5) is 0 Å². The number of hydrogen-bond donors (Lipinski definition) is 0. The van der Waals surface area contributed by atoms with Crippen molar-refractivity contribution >= 4 is 14.6 Å². The molecule has 0 saturated carbocycles. The van der Waals surface area contributed by atoms with Gasteiger partial charge in [-0.1, -0.05) is 46.0 Å². The molecule has 3 heteroatoms. The molecule has 20 heavy (non-hydrogen) atoms. The maximum atomic E-state index is 10.8. The molecule has 1 atom stereocenters. The Morgan fingerprint density at radius 1 is 1.30 bits per heavy atom. The Balaban J connectivity index is 4.61. The van der Waals surface area contributed by atoms with E-state index in [1.165, 1.54) is 6.42 Å². The van der Waals surface area contributed by atoms with E-state index in [0.29, 0.717) is 6.42 Å². The fourth-order valence-corrected chi connectivity index (χ4v) is 2.65. The van der Waals surface area contributed by atoms with Crippen LogP contribution < -0.4 is 0 Å². The van der Waals surface area contributed by atoms with Crippen LogP contribution in [-0.2, 0) is 9.22 Å². The molecule has 0 saturated heterocycles. The van der Waals surface area contributed by atoms with Crippen molar-refractivity contribution < 1.29 is 9.22 Å². The molecule has 1 unspecified atom stereocenters. The molecule has 0 aromatic rings. The number of unbranched alkanes of at least 4 members (excludes halogenated alkanes) is 2. The summed E-state index contributed by atoms with van der Waals surface area (Å²) >= 11 is 0. The molecule has 0 aliphatic rings. The minimum atomic E-state index is -1.84. The molecule has 0 rings (SSSR count). The lowest BCUT2D eigenvalue weighted by Gasteiger charge is -2.38. The fraction of sp³-hybridized carbons (Fsp3) is 0.706. The van der Waals surface area contributed by atoms with Gasteiger partial charge in [0.1, 0.15) is 6.29 Å². The molecule has 0 N–H and O–H groups in total. The van der Waals surface area contributed by atoms with E-state index in [2.05, 4.69) is 52.6 Å². The Morgan fingerprint density at radius 3 is 2.45 bits per heavy atom. The summed E-state index contributed by atoms with van der Waals surface area (Å²) in [6, 6.07) is 0. The zero-order valence-corrected chi connectivity index (χ0v) is 15.0. The van der Waals surface area contributed by atoms with Crippen molar-refractivity contribution in [2.75, 3.05) is 0 Å². The van der Waals surface area contributed by atoms with Crippen molar-refractivity contribution in [2.45, 2.75) is 77.6 Å². The van der Waals surface area contributed by atoms with E-state index in [-0.39, 0.29) is 11.1 Å². The second-order valence-electron chi connectivity index (χ2n) is 6.60. The summed E-state index contributed by atoms with van der Waals surface area (Å²) in [7, 11) is -1.84. The minimum Gasteiger partial charge on any atom is -0.410 e. The van der Waals surface area contributed by atoms with Crippen molar-refractivity contribution in [2.24, 2.45) is 0 Å². The van der Waals surface area contributed by atoms with Crippen LogP contribution in [0.3, 0.4) is 0 Å². The van der Waals surface area contributed by atoms with Gasteiger partial charge in [-0.25, -0.2) is 0 Å². The second-order valence-corrected chi connectivity index (χ2v) is 11.4. The molecule has 0 aliphatic heterocycles. The SMILES string of the molecule is CCCCC#C/C=C\C(CC=O)O[Si](C)(C)C(C)(C)C. The summed E-state index contributed by atoms with van der Waals surface area (Å²) in [4.78, 5) is 10.8. The lowest BCUT2D eigenvalue weighted by molar-refractivity contribution is -0.108. The number of rotatable bonds is 7. The summed E-state index contributed by atoms with van der Waals surface area (Å²) < 4.78 is 6.22. The molecule has 0 amide bonds. The van der Waals surface area contributed by atoms with E-state index in [1.807, 2.05) is 12.2 Å². The van der Waals surface area contributed by atoms with Gasteiger partial charge in [-0.2, -0.15) is 0 Å². The summed E-state index contributed by atoms with van der Waals surface area (Å²) in [6.45, 7) is 13.2. The highest BCUT2D eigenvalue weighted by molar-refractivity contribution is 6.74. The highest BCUT2D eigenvalue weighted by atomic mass is 28.4. The standard InChI is InChI=1S/C17H30O2Si/c1-7-8-9-10-11-12-13-16(14-15-18)19-20(5,6)17(2,3)4/h12-13,15-16H,7-9,14H2,1-6H3/b13-12-. The van der Waals surface area contributed by atoms with Gasteiger partial charge in [-0.15, -0.1) is 0 Å². The first-order valence-electron chi connectivity index (χ1n) is 7.51. The Morgan fingerprint density at radius 2 is 1.95 bits per heavy atom. The zero-order valence-electron chi connectivity index (χ0n) is 14.0. The summed E-state index contributed by atoms with van der Waals surface area (Å²) in [5.41, 5.74) is 0. The van der Waals surface area contributed by atoms with E-state index in [0.717, 1.165) is 19.1 Å². The molecule has 0 heterocycles. The highest BCUT2D eigenvalue weighted by Gasteiger charge is 2.38. The lowest BCUT2D eigenvalue weighted by atomic mass is 10.2. The van der Waals surface area contributed by atoms with Crippen molar-refractivity contribution in [3.05, 3.63) is 12.2 Å². The third-order valence-corrected chi connectivity index (χ3v) is 8.24. The molecular formula is C17H30O2Si. The van der Waals surface area contributed by atoms with Gasteiger partial charge in [0.05, 0.1) is 6.10 Å². The first-order chi connectivity index (χ1) is 9.24. The monoisotopic (exact) mass is 294 g/mol. The van der Waals surface area contributed by atoms with Crippen molar-refractivity contribution in [1.82, 2.24) is 0 Å². The second kappa shape index (κ2) is 9.15. The van der Waals surface area contributed by atoms with Gasteiger partial charge in [0.15, 0.2) is 8.32 Å². The number of allylic oxidation sites excluding steroid dienone is 1. The number of hydrogen-bond acceptors (Lipinski definition) is 2. The van der Waals surface area contributed by atoms with Crippen LogP contribution in [-0.4, -0.2) is 20.7 Å². The molecule has 0 aliphatic carbocycles. The van der Waals surface area contributed by atoms with Gasteiger partial charge in [0, 0.05) is 12.8 Å². The fourth-order valence-electron chi connectivity index (χ4n) is 1.37. The summed E-state index contributed by atoms with van der Waals surface area (Å²) in [5, 5.41) is 0.148. The van der Waals surface area contributed by atoms with Gasteiger partial charge >= 0.3 is 0 Å². The largest absolute Gasteiger partial charge is 0.410 e. The quantitative estimate of drug-likeness (QED) is 0.294. The van der Waals surface area contributed by atoms with Crippen molar-refractivity contribution in [3.8, 4) is 11.8 Å². The normalized spacial score (nSPS) is 13.9. The van der Waals surface area contributed by atoms with Crippen LogP contribution in [0.25, 0.3) is 0 Å². The third-order valence-electron chi connectivity index (χ3n) is 3.73. The van der Waals surface area contributed by atoms with Gasteiger partial charge in [0.2, 0.25) is 0 Å². The maximum Gasteiger partial charge on any atom is 0.192 e. The maximum absolute atomic E-state index is 10.8. The number of carbonyl (C=O) groups excluding carboxylic acids is 1. The van der Waals surface area contributed by atoms with Crippen LogP contribution in [0.2, 0.25) is 18.1 Å². The van der Waals surface area contributed by atoms with Crippen molar-refractivity contribution in [1.29, 1.82) is 0 Å². The Kier molecular flexibility index (Phi) is 8.76. The molecule has 0 fully saturated rings. The van der Waals surface area contributed by atoms with E-state index in [1.54, 1.807) is 0 Å². The molecule has 0 spiro atoms. The zero-order chi connectivity index (χ0) is 15.6. The van der Waals surface area contributed by atoms with Crippen LogP contribution in [0.15, 0.2) is 12.2 Å². The third kappa shape index (κ3) is 7.67. The van der Waals surface area contributed by atoms with Crippen LogP contribution >= 0.6 is 0 Å². The molecule has 0 bridgehead atoms. The number of carbonyl (C=O) groups is 1. The highest BCUT2D eigenvalue weighted by Crippen LogP contribution is 2.37. The van der Waals surface area contributed by atoms with Gasteiger partial charge in [-0.05, 0) is 36.7 Å². The molecule has 114 valence electrons. The van der Waals surface area contributed by atoms with Crippen LogP contribution in [0.1, 0.15) is 53.4 Å². The predicted molar refractivity (Wildman–Crippen MR) is 89.2 cm³/mol. The average molecular weight is 295 g/mol. The van der Waals surface area contributed by atoms with E-state index < -0.39 is 8.32 Å². The topological polar surface area (TPSA) is 26.3 Å². The average Bonchev–Trinajstić information content (AvgIpc) is 2.32. The summed E-state index contributed by atoms with van der Waals surface area (Å²) in [5.74, 6) is 6.13. The molecule has 0 aromatic heterocycles. The predicted octanol–water partition coefficient (Wildman–Crippen LogP) is 4.72. The molecule has 2 nitrogen and oxygen atoms in total. The first kappa shape index (κ1) is 19.1. The van der Waals surface area contributed by atoms with E-state index >= 15 is 0 Å². The van der Waals surface area contributed by atoms with E-state index in [9.17, 15) is 4.79 Å². The first-order valence-corrected chi connectivity index (χ1v) is 10.4. The summed E-state index contributed by atoms with van der Waals surface area (Å²) in [6.07, 6.45) is 8.17. The van der Waals surface area contributed by atoms with E-state index in [4.69, 9.17) is 4.43 Å². The minimum absolute atomic E-state index is 0.145.